The summed E-state index contributed by atoms with van der Waals surface area (Å²) in [4.78, 5) is 19.3. The smallest absolute Gasteiger partial charge is 0.303 e. The first kappa shape index (κ1) is 7.88. The molecule has 3 nitrogen and oxygen atoms in total. The first-order valence-electron chi connectivity index (χ1n) is 2.52. The van der Waals surface area contributed by atoms with Crippen LogP contribution in [0.5, 0.6) is 0 Å². The summed E-state index contributed by atoms with van der Waals surface area (Å²) in [5.74, 6) is -0.856. The summed E-state index contributed by atoms with van der Waals surface area (Å²) in [7, 11) is 0. The fourth-order valence-corrected chi connectivity index (χ4v) is 0.338. The topological polar surface area (TPSA) is 54.4 Å². The molecule has 0 rings (SSSR count). The average molecular weight is 127 g/mol. The number of hydrogen-bond acceptors (Lipinski definition) is 2. The molecule has 1 radical (unpaired) electrons. The monoisotopic (exact) mass is 127 g/mol. The molecule has 0 aliphatic rings. The molecule has 0 heterocycles. The zero-order valence-corrected chi connectivity index (χ0v) is 4.83. The number of rotatable bonds is 4. The van der Waals surface area contributed by atoms with Crippen molar-refractivity contribution in [3.63, 3.8) is 0 Å². The van der Waals surface area contributed by atoms with Gasteiger partial charge in [0.1, 0.15) is 0 Å². The molecular weight excluding hydrogens is 120 g/mol. The maximum atomic E-state index is 9.83. The quantitative estimate of drug-likeness (QED) is 0.560. The molecule has 0 saturated heterocycles. The summed E-state index contributed by atoms with van der Waals surface area (Å²) in [6.45, 7) is 0. The van der Waals surface area contributed by atoms with Crippen LogP contribution in [-0.2, 0) is 9.59 Å². The number of allylic oxidation sites excluding steroid dienone is 2. The van der Waals surface area contributed by atoms with E-state index in [4.69, 9.17) is 5.11 Å². The van der Waals surface area contributed by atoms with Crippen molar-refractivity contribution >= 4 is 12.3 Å². The molecule has 0 aliphatic heterocycles. The Morgan fingerprint density at radius 2 is 2.33 bits per heavy atom. The minimum absolute atomic E-state index is 0.0676. The van der Waals surface area contributed by atoms with Gasteiger partial charge in [0.2, 0.25) is 6.29 Å². The van der Waals surface area contributed by atoms with E-state index in [1.165, 1.54) is 18.4 Å². The van der Waals surface area contributed by atoms with E-state index >= 15 is 0 Å². The predicted molar refractivity (Wildman–Crippen MR) is 31.7 cm³/mol. The maximum absolute atomic E-state index is 9.83. The van der Waals surface area contributed by atoms with Gasteiger partial charge in [0.25, 0.3) is 0 Å². The number of hydrogen-bond donors (Lipinski definition) is 1. The number of carbonyl (C=O) groups excluding carboxylic acids is 1. The summed E-state index contributed by atoms with van der Waals surface area (Å²) in [5.41, 5.74) is 0. The molecule has 0 atom stereocenters. The zero-order chi connectivity index (χ0) is 7.11. The van der Waals surface area contributed by atoms with E-state index < -0.39 is 5.97 Å². The van der Waals surface area contributed by atoms with E-state index in [1.807, 2.05) is 0 Å². The van der Waals surface area contributed by atoms with E-state index in [2.05, 4.69) is 0 Å². The molecule has 0 spiro atoms. The lowest BCUT2D eigenvalue weighted by atomic mass is 10.3. The van der Waals surface area contributed by atoms with Crippen molar-refractivity contribution in [2.75, 3.05) is 0 Å². The van der Waals surface area contributed by atoms with Crippen molar-refractivity contribution in [2.24, 2.45) is 0 Å². The van der Waals surface area contributed by atoms with Gasteiger partial charge in [-0.1, -0.05) is 6.08 Å². The number of carboxylic acid groups (broad SMARTS) is 1. The van der Waals surface area contributed by atoms with Crippen molar-refractivity contribution < 1.29 is 14.7 Å². The van der Waals surface area contributed by atoms with Crippen LogP contribution in [0.3, 0.4) is 0 Å². The van der Waals surface area contributed by atoms with Gasteiger partial charge in [-0.15, -0.1) is 0 Å². The molecule has 0 saturated carbocycles. The van der Waals surface area contributed by atoms with Crippen LogP contribution < -0.4 is 0 Å². The second-order valence-corrected chi connectivity index (χ2v) is 1.45. The number of carbonyl (C=O) groups is 1. The molecule has 0 aromatic rings. The van der Waals surface area contributed by atoms with Crippen LogP contribution in [0.2, 0.25) is 0 Å². The Morgan fingerprint density at radius 1 is 1.67 bits per heavy atom. The molecular formula is C6H7O3. The second kappa shape index (κ2) is 5.03. The first-order chi connectivity index (χ1) is 4.27. The van der Waals surface area contributed by atoms with Crippen LogP contribution in [-0.4, -0.2) is 17.4 Å². The third-order valence-corrected chi connectivity index (χ3v) is 0.711. The first-order valence-corrected chi connectivity index (χ1v) is 2.52. The third-order valence-electron chi connectivity index (χ3n) is 0.711. The van der Waals surface area contributed by atoms with Gasteiger partial charge in [-0.2, -0.15) is 0 Å². The molecule has 0 aliphatic carbocycles. The fourth-order valence-electron chi connectivity index (χ4n) is 0.338. The third kappa shape index (κ3) is 6.88. The summed E-state index contributed by atoms with van der Waals surface area (Å²) in [5, 5.41) is 8.08. The minimum atomic E-state index is -0.856. The molecule has 9 heavy (non-hydrogen) atoms. The summed E-state index contributed by atoms with van der Waals surface area (Å²) < 4.78 is 0. The van der Waals surface area contributed by atoms with E-state index in [-0.39, 0.29) is 6.42 Å². The Morgan fingerprint density at radius 3 is 2.78 bits per heavy atom. The van der Waals surface area contributed by atoms with Crippen molar-refractivity contribution in [2.45, 2.75) is 12.8 Å². The van der Waals surface area contributed by atoms with Crippen molar-refractivity contribution in [1.82, 2.24) is 0 Å². The van der Waals surface area contributed by atoms with Crippen molar-refractivity contribution in [3.8, 4) is 0 Å². The van der Waals surface area contributed by atoms with E-state index in [0.717, 1.165) is 0 Å². The van der Waals surface area contributed by atoms with Gasteiger partial charge in [-0.3, -0.25) is 9.59 Å². The minimum Gasteiger partial charge on any atom is -0.481 e. The molecule has 49 valence electrons. The summed E-state index contributed by atoms with van der Waals surface area (Å²) in [6, 6.07) is 0. The summed E-state index contributed by atoms with van der Waals surface area (Å²) >= 11 is 0. The Kier molecular flexibility index (Phi) is 4.40. The Balaban J connectivity index is 3.19. The van der Waals surface area contributed by atoms with Crippen LogP contribution in [0.15, 0.2) is 12.2 Å². The summed E-state index contributed by atoms with van der Waals surface area (Å²) in [6.07, 6.45) is 4.62. The fraction of sp³-hybridized carbons (Fsp3) is 0.333. The standard InChI is InChI=1S/C6H7O3/c7-5-3-1-2-4-6(8)9/h1,3H,2,4H2,(H,8,9). The van der Waals surface area contributed by atoms with Gasteiger partial charge in [-0.25, -0.2) is 0 Å². The Hall–Kier alpha value is -1.12. The van der Waals surface area contributed by atoms with E-state index in [1.54, 1.807) is 0 Å². The molecule has 1 N–H and O–H groups in total. The highest BCUT2D eigenvalue weighted by Crippen LogP contribution is 1.88. The van der Waals surface area contributed by atoms with Gasteiger partial charge in [0, 0.05) is 6.42 Å². The highest BCUT2D eigenvalue weighted by Gasteiger charge is 1.90. The van der Waals surface area contributed by atoms with Crippen LogP contribution in [0.4, 0.5) is 0 Å². The largest absolute Gasteiger partial charge is 0.481 e. The maximum Gasteiger partial charge on any atom is 0.303 e. The van der Waals surface area contributed by atoms with Gasteiger partial charge in [-0.05, 0) is 12.5 Å². The molecule has 0 bridgehead atoms. The molecule has 0 aromatic heterocycles. The number of carboxylic acids is 1. The lowest BCUT2D eigenvalue weighted by molar-refractivity contribution is -0.136. The van der Waals surface area contributed by atoms with Crippen LogP contribution in [0.25, 0.3) is 0 Å². The highest BCUT2D eigenvalue weighted by atomic mass is 16.4. The molecule has 0 fully saturated rings. The Labute approximate surface area is 53.0 Å². The van der Waals surface area contributed by atoms with Gasteiger partial charge < -0.3 is 5.11 Å². The van der Waals surface area contributed by atoms with Gasteiger partial charge >= 0.3 is 5.97 Å². The second-order valence-electron chi connectivity index (χ2n) is 1.45. The van der Waals surface area contributed by atoms with Crippen LogP contribution in [0, 0.1) is 0 Å². The van der Waals surface area contributed by atoms with Crippen LogP contribution in [0.1, 0.15) is 12.8 Å². The van der Waals surface area contributed by atoms with E-state index in [9.17, 15) is 9.59 Å². The molecule has 0 aromatic carbocycles. The molecule has 0 unspecified atom stereocenters. The lowest BCUT2D eigenvalue weighted by Gasteiger charge is -1.83. The van der Waals surface area contributed by atoms with Gasteiger partial charge in [0.15, 0.2) is 0 Å². The van der Waals surface area contributed by atoms with Gasteiger partial charge in [0.05, 0.1) is 0 Å². The Bertz CT molecular complexity index is 126. The van der Waals surface area contributed by atoms with Crippen molar-refractivity contribution in [1.29, 1.82) is 0 Å². The SMILES string of the molecule is O=[C]C=CCCC(=O)O. The lowest BCUT2D eigenvalue weighted by Crippen LogP contribution is -1.91. The average Bonchev–Trinajstić information content (AvgIpc) is 1.80. The molecule has 3 heteroatoms. The van der Waals surface area contributed by atoms with Crippen LogP contribution >= 0.6 is 0 Å². The number of aliphatic carboxylic acids is 1. The van der Waals surface area contributed by atoms with E-state index in [0.29, 0.717) is 6.42 Å². The normalized spacial score (nSPS) is 9.78. The highest BCUT2D eigenvalue weighted by molar-refractivity contribution is 5.68. The zero-order valence-electron chi connectivity index (χ0n) is 4.83. The van der Waals surface area contributed by atoms with Crippen molar-refractivity contribution in [3.05, 3.63) is 12.2 Å². The molecule has 0 amide bonds. The predicted octanol–water partition coefficient (Wildman–Crippen LogP) is 0.517.